The predicted octanol–water partition coefficient (Wildman–Crippen LogP) is 7.45. The maximum atomic E-state index is 12.2. The van der Waals surface area contributed by atoms with Crippen LogP contribution >= 0.6 is 0 Å². The molecule has 0 spiro atoms. The first kappa shape index (κ1) is 22.6. The van der Waals surface area contributed by atoms with Crippen molar-refractivity contribution >= 4 is 5.97 Å². The molecule has 31 heavy (non-hydrogen) atoms. The van der Waals surface area contributed by atoms with Crippen LogP contribution in [0.3, 0.4) is 0 Å². The Bertz CT molecular complexity index is 899. The van der Waals surface area contributed by atoms with Gasteiger partial charge in [0, 0.05) is 0 Å². The van der Waals surface area contributed by atoms with Crippen LogP contribution in [-0.2, 0) is 11.3 Å². The van der Waals surface area contributed by atoms with E-state index < -0.39 is 0 Å². The first-order valence-electron chi connectivity index (χ1n) is 11.3. The SMILES string of the molecule is CCCCCCCCOC(=O)c1ccc(-c2ccc(OCc3ccccc3)cc2)cc1. The van der Waals surface area contributed by atoms with Crippen LogP contribution in [-0.4, -0.2) is 12.6 Å². The lowest BCUT2D eigenvalue weighted by Crippen LogP contribution is -2.06. The third-order valence-electron chi connectivity index (χ3n) is 5.29. The number of unbranched alkanes of at least 4 members (excludes halogenated alkanes) is 5. The number of carbonyl (C=O) groups is 1. The van der Waals surface area contributed by atoms with E-state index >= 15 is 0 Å². The molecule has 0 aliphatic rings. The summed E-state index contributed by atoms with van der Waals surface area (Å²) in [4.78, 5) is 12.2. The third kappa shape index (κ3) is 7.60. The van der Waals surface area contributed by atoms with Gasteiger partial charge >= 0.3 is 5.97 Å². The van der Waals surface area contributed by atoms with E-state index in [1.54, 1.807) is 0 Å². The van der Waals surface area contributed by atoms with Gasteiger partial charge < -0.3 is 9.47 Å². The van der Waals surface area contributed by atoms with Gasteiger partial charge in [-0.2, -0.15) is 0 Å². The van der Waals surface area contributed by atoms with Gasteiger partial charge in [-0.1, -0.05) is 93.6 Å². The predicted molar refractivity (Wildman–Crippen MR) is 126 cm³/mol. The maximum absolute atomic E-state index is 12.2. The van der Waals surface area contributed by atoms with Gasteiger partial charge in [0.2, 0.25) is 0 Å². The van der Waals surface area contributed by atoms with E-state index in [1.807, 2.05) is 66.7 Å². The van der Waals surface area contributed by atoms with Crippen LogP contribution in [0.15, 0.2) is 78.9 Å². The molecule has 0 unspecified atom stereocenters. The lowest BCUT2D eigenvalue weighted by molar-refractivity contribution is 0.0497. The summed E-state index contributed by atoms with van der Waals surface area (Å²) >= 11 is 0. The normalized spacial score (nSPS) is 10.6. The molecule has 3 aromatic rings. The molecule has 162 valence electrons. The lowest BCUT2D eigenvalue weighted by atomic mass is 10.0. The van der Waals surface area contributed by atoms with Crippen molar-refractivity contribution in [2.45, 2.75) is 52.1 Å². The molecular weight excluding hydrogens is 384 g/mol. The van der Waals surface area contributed by atoms with Gasteiger partial charge in [0.25, 0.3) is 0 Å². The zero-order chi connectivity index (χ0) is 21.7. The molecule has 0 radical (unpaired) electrons. The standard InChI is InChI=1S/C28H32O3/c1-2-3-4-5-6-10-21-30-28(29)26-15-13-24(14-16-26)25-17-19-27(20-18-25)31-22-23-11-8-7-9-12-23/h7-9,11-20H,2-6,10,21-22H2,1H3. The summed E-state index contributed by atoms with van der Waals surface area (Å²) in [5.41, 5.74) is 3.88. The summed E-state index contributed by atoms with van der Waals surface area (Å²) in [6, 6.07) is 25.7. The minimum absolute atomic E-state index is 0.246. The summed E-state index contributed by atoms with van der Waals surface area (Å²) in [7, 11) is 0. The Morgan fingerprint density at radius 2 is 1.32 bits per heavy atom. The third-order valence-corrected chi connectivity index (χ3v) is 5.29. The molecular formula is C28H32O3. The number of benzene rings is 3. The van der Waals surface area contributed by atoms with E-state index in [4.69, 9.17) is 9.47 Å². The topological polar surface area (TPSA) is 35.5 Å². The van der Waals surface area contributed by atoms with E-state index in [-0.39, 0.29) is 5.97 Å². The molecule has 0 N–H and O–H groups in total. The van der Waals surface area contributed by atoms with Crippen molar-refractivity contribution in [3.05, 3.63) is 90.0 Å². The van der Waals surface area contributed by atoms with Crippen LogP contribution in [0, 0.1) is 0 Å². The summed E-state index contributed by atoms with van der Waals surface area (Å²) in [5.74, 6) is 0.590. The van der Waals surface area contributed by atoms with E-state index in [0.717, 1.165) is 35.3 Å². The maximum Gasteiger partial charge on any atom is 0.338 e. The van der Waals surface area contributed by atoms with Crippen molar-refractivity contribution in [1.82, 2.24) is 0 Å². The Morgan fingerprint density at radius 3 is 2.00 bits per heavy atom. The highest BCUT2D eigenvalue weighted by molar-refractivity contribution is 5.90. The van der Waals surface area contributed by atoms with Gasteiger partial charge in [-0.3, -0.25) is 0 Å². The first-order valence-corrected chi connectivity index (χ1v) is 11.3. The highest BCUT2D eigenvalue weighted by Gasteiger charge is 2.07. The van der Waals surface area contributed by atoms with Gasteiger partial charge in [0.15, 0.2) is 0 Å². The van der Waals surface area contributed by atoms with Gasteiger partial charge in [0.1, 0.15) is 12.4 Å². The van der Waals surface area contributed by atoms with E-state index in [2.05, 4.69) is 19.1 Å². The molecule has 3 rings (SSSR count). The number of rotatable bonds is 12. The molecule has 0 aromatic heterocycles. The van der Waals surface area contributed by atoms with Crippen LogP contribution in [0.5, 0.6) is 5.75 Å². The number of esters is 1. The molecule has 0 bridgehead atoms. The lowest BCUT2D eigenvalue weighted by Gasteiger charge is -2.08. The average molecular weight is 417 g/mol. The van der Waals surface area contributed by atoms with Gasteiger partial charge in [-0.15, -0.1) is 0 Å². The Hall–Kier alpha value is -3.07. The van der Waals surface area contributed by atoms with E-state index in [9.17, 15) is 4.79 Å². The molecule has 0 amide bonds. The van der Waals surface area contributed by atoms with Crippen LogP contribution in [0.4, 0.5) is 0 Å². The van der Waals surface area contributed by atoms with Crippen molar-refractivity contribution in [1.29, 1.82) is 0 Å². The minimum atomic E-state index is -0.246. The molecule has 3 heteroatoms. The Balaban J connectivity index is 1.45. The summed E-state index contributed by atoms with van der Waals surface area (Å²) in [5, 5.41) is 0. The van der Waals surface area contributed by atoms with Crippen molar-refractivity contribution in [3.8, 4) is 16.9 Å². The number of carbonyl (C=O) groups excluding carboxylic acids is 1. The Morgan fingerprint density at radius 1 is 0.710 bits per heavy atom. The molecule has 0 atom stereocenters. The second kappa shape index (κ2) is 12.6. The molecule has 0 heterocycles. The van der Waals surface area contributed by atoms with E-state index in [0.29, 0.717) is 18.8 Å². The van der Waals surface area contributed by atoms with Gasteiger partial charge in [-0.25, -0.2) is 4.79 Å². The Kier molecular flexibility index (Phi) is 9.18. The molecule has 3 aromatic carbocycles. The van der Waals surface area contributed by atoms with Gasteiger partial charge in [0.05, 0.1) is 12.2 Å². The largest absolute Gasteiger partial charge is 0.489 e. The second-order valence-corrected chi connectivity index (χ2v) is 7.78. The van der Waals surface area contributed by atoms with Crippen LogP contribution < -0.4 is 4.74 Å². The minimum Gasteiger partial charge on any atom is -0.489 e. The monoisotopic (exact) mass is 416 g/mol. The zero-order valence-corrected chi connectivity index (χ0v) is 18.4. The molecule has 3 nitrogen and oxygen atoms in total. The highest BCUT2D eigenvalue weighted by atomic mass is 16.5. The average Bonchev–Trinajstić information content (AvgIpc) is 2.83. The van der Waals surface area contributed by atoms with Crippen LogP contribution in [0.25, 0.3) is 11.1 Å². The van der Waals surface area contributed by atoms with Crippen LogP contribution in [0.1, 0.15) is 61.4 Å². The van der Waals surface area contributed by atoms with Crippen molar-refractivity contribution in [2.24, 2.45) is 0 Å². The van der Waals surface area contributed by atoms with Crippen LogP contribution in [0.2, 0.25) is 0 Å². The fourth-order valence-electron chi connectivity index (χ4n) is 3.41. The van der Waals surface area contributed by atoms with E-state index in [1.165, 1.54) is 25.7 Å². The van der Waals surface area contributed by atoms with Gasteiger partial charge in [-0.05, 0) is 47.4 Å². The molecule has 0 aliphatic carbocycles. The summed E-state index contributed by atoms with van der Waals surface area (Å²) < 4.78 is 11.3. The second-order valence-electron chi connectivity index (χ2n) is 7.78. The molecule has 0 saturated heterocycles. The molecule has 0 aliphatic heterocycles. The fraction of sp³-hybridized carbons (Fsp3) is 0.321. The number of hydrogen-bond acceptors (Lipinski definition) is 3. The first-order chi connectivity index (χ1) is 15.3. The van der Waals surface area contributed by atoms with Crippen molar-refractivity contribution in [2.75, 3.05) is 6.61 Å². The van der Waals surface area contributed by atoms with Crippen molar-refractivity contribution in [3.63, 3.8) is 0 Å². The quantitative estimate of drug-likeness (QED) is 0.227. The number of hydrogen-bond donors (Lipinski definition) is 0. The molecule has 0 saturated carbocycles. The zero-order valence-electron chi connectivity index (χ0n) is 18.4. The fourth-order valence-corrected chi connectivity index (χ4v) is 3.41. The summed E-state index contributed by atoms with van der Waals surface area (Å²) in [6.07, 6.45) is 7.08. The molecule has 0 fully saturated rings. The van der Waals surface area contributed by atoms with Crippen molar-refractivity contribution < 1.29 is 14.3 Å². The number of ether oxygens (including phenoxy) is 2. The Labute approximate surface area is 186 Å². The highest BCUT2D eigenvalue weighted by Crippen LogP contribution is 2.23. The summed E-state index contributed by atoms with van der Waals surface area (Å²) in [6.45, 7) is 3.26. The smallest absolute Gasteiger partial charge is 0.338 e.